The van der Waals surface area contributed by atoms with Gasteiger partial charge in [0.15, 0.2) is 0 Å². The first-order valence-corrected chi connectivity index (χ1v) is 10.8. The minimum Gasteiger partial charge on any atom is -0.384 e. The molecule has 1 aliphatic heterocycles. The Kier molecular flexibility index (Phi) is 6.95. The van der Waals surface area contributed by atoms with E-state index < -0.39 is 17.4 Å². The van der Waals surface area contributed by atoms with E-state index >= 15 is 0 Å². The molecule has 0 aromatic heterocycles. The van der Waals surface area contributed by atoms with Gasteiger partial charge in [0.05, 0.1) is 23.9 Å². The topological polar surface area (TPSA) is 61.9 Å². The number of amides is 2. The smallest absolute Gasteiger partial charge is 0.303 e. The molecule has 0 bridgehead atoms. The number of benzene rings is 1. The highest BCUT2D eigenvalue weighted by molar-refractivity contribution is 6.33. The van der Waals surface area contributed by atoms with E-state index in [0.29, 0.717) is 42.9 Å². The number of carbonyl (C=O) groups excluding carboxylic acids is 2. The van der Waals surface area contributed by atoms with Crippen molar-refractivity contribution in [2.24, 2.45) is 11.3 Å². The van der Waals surface area contributed by atoms with Crippen molar-refractivity contribution in [1.29, 1.82) is 0 Å². The maximum absolute atomic E-state index is 13.5. The second kappa shape index (κ2) is 9.28. The Hall–Kier alpha value is -2.23. The average molecular weight is 432 g/mol. The van der Waals surface area contributed by atoms with Crippen LogP contribution >= 0.6 is 11.6 Å². The van der Waals surface area contributed by atoms with E-state index in [0.717, 1.165) is 12.2 Å². The van der Waals surface area contributed by atoms with Gasteiger partial charge in [-0.25, -0.2) is 0 Å². The van der Waals surface area contributed by atoms with Crippen molar-refractivity contribution >= 4 is 34.8 Å². The molecule has 1 heterocycles. The van der Waals surface area contributed by atoms with Gasteiger partial charge >= 0.3 is 5.91 Å². The number of carbonyl (C=O) groups is 2. The molecule has 1 saturated carbocycles. The first-order chi connectivity index (χ1) is 14.2. The Bertz CT molecular complexity index is 833. The highest BCUT2D eigenvalue weighted by Crippen LogP contribution is 2.35. The fraction of sp³-hybridized carbons (Fsp3) is 0.565. The Balaban J connectivity index is 1.93. The summed E-state index contributed by atoms with van der Waals surface area (Å²) in [6, 6.07) is 4.58. The molecular weight excluding hydrogens is 402 g/mol. The van der Waals surface area contributed by atoms with Gasteiger partial charge < -0.3 is 15.0 Å². The van der Waals surface area contributed by atoms with Crippen molar-refractivity contribution < 1.29 is 14.3 Å². The fourth-order valence-electron chi connectivity index (χ4n) is 3.65. The van der Waals surface area contributed by atoms with Crippen LogP contribution in [0.15, 0.2) is 18.2 Å². The number of nitrogens with one attached hydrogen (secondary N) is 1. The maximum atomic E-state index is 13.5. The third kappa shape index (κ3) is 5.27. The molecule has 2 aliphatic rings. The first-order valence-electron chi connectivity index (χ1n) is 10.4. The summed E-state index contributed by atoms with van der Waals surface area (Å²) in [5.41, 5.74) is 0.783. The van der Waals surface area contributed by atoms with E-state index in [1.165, 1.54) is 17.7 Å². The molecule has 30 heavy (non-hydrogen) atoms. The first kappa shape index (κ1) is 22.5. The van der Waals surface area contributed by atoms with Crippen molar-refractivity contribution in [2.75, 3.05) is 43.1 Å². The minimum absolute atomic E-state index is 0.138. The summed E-state index contributed by atoms with van der Waals surface area (Å²) < 4.78 is 5.37. The molecular formula is C23H30ClN3O3. The van der Waals surface area contributed by atoms with Crippen molar-refractivity contribution in [3.63, 3.8) is 0 Å². The van der Waals surface area contributed by atoms with Gasteiger partial charge in [0.25, 0.3) is 0 Å². The summed E-state index contributed by atoms with van der Waals surface area (Å²) in [5.74, 6) is 2.19. The molecule has 1 N–H and O–H groups in total. The van der Waals surface area contributed by atoms with Gasteiger partial charge in [0.1, 0.15) is 6.04 Å². The second-order valence-electron chi connectivity index (χ2n) is 9.01. The van der Waals surface area contributed by atoms with Crippen molar-refractivity contribution in [3.05, 3.63) is 23.2 Å². The van der Waals surface area contributed by atoms with Gasteiger partial charge in [-0.05, 0) is 48.3 Å². The number of hydrogen-bond acceptors (Lipinski definition) is 4. The van der Waals surface area contributed by atoms with Crippen LogP contribution in [0, 0.1) is 23.7 Å². The fourth-order valence-corrected chi connectivity index (χ4v) is 3.89. The van der Waals surface area contributed by atoms with Gasteiger partial charge in [0.2, 0.25) is 5.91 Å². The molecule has 1 saturated heterocycles. The SMILES string of the molecule is C#CC(=O)N(c1ccc(NCC2CC2)c(Cl)c1)C(C(=O)N1CCOCC1)C(C)(C)C. The lowest BCUT2D eigenvalue weighted by molar-refractivity contribution is -0.140. The van der Waals surface area contributed by atoms with Gasteiger partial charge in [-0.2, -0.15) is 0 Å². The van der Waals surface area contributed by atoms with Gasteiger partial charge in [-0.1, -0.05) is 32.4 Å². The third-order valence-corrected chi connectivity index (χ3v) is 5.80. The lowest BCUT2D eigenvalue weighted by Gasteiger charge is -2.41. The van der Waals surface area contributed by atoms with E-state index in [9.17, 15) is 9.59 Å². The average Bonchev–Trinajstić information content (AvgIpc) is 3.54. The zero-order chi connectivity index (χ0) is 21.9. The normalized spacial score (nSPS) is 17.8. The Morgan fingerprint density at radius 3 is 2.53 bits per heavy atom. The summed E-state index contributed by atoms with van der Waals surface area (Å²) in [7, 11) is 0. The van der Waals surface area contributed by atoms with Crippen molar-refractivity contribution in [3.8, 4) is 12.3 Å². The molecule has 1 aromatic rings. The molecule has 1 aromatic carbocycles. The highest BCUT2D eigenvalue weighted by atomic mass is 35.5. The van der Waals surface area contributed by atoms with Crippen LogP contribution in [-0.4, -0.2) is 55.6 Å². The number of anilines is 2. The predicted molar refractivity (Wildman–Crippen MR) is 120 cm³/mol. The molecule has 1 unspecified atom stereocenters. The molecule has 2 fully saturated rings. The van der Waals surface area contributed by atoms with Crippen LogP contribution in [-0.2, 0) is 14.3 Å². The second-order valence-corrected chi connectivity index (χ2v) is 9.42. The van der Waals surface area contributed by atoms with Gasteiger partial charge in [0, 0.05) is 25.3 Å². The van der Waals surface area contributed by atoms with E-state index in [1.807, 2.05) is 26.8 Å². The zero-order valence-electron chi connectivity index (χ0n) is 17.9. The minimum atomic E-state index is -0.763. The molecule has 162 valence electrons. The Labute approximate surface area is 183 Å². The van der Waals surface area contributed by atoms with Crippen LogP contribution < -0.4 is 10.2 Å². The van der Waals surface area contributed by atoms with E-state index in [2.05, 4.69) is 11.2 Å². The Morgan fingerprint density at radius 2 is 2.00 bits per heavy atom. The molecule has 2 amide bonds. The highest BCUT2D eigenvalue weighted by Gasteiger charge is 2.42. The maximum Gasteiger partial charge on any atom is 0.303 e. The number of halogens is 1. The van der Waals surface area contributed by atoms with Gasteiger partial charge in [-0.3, -0.25) is 14.5 Å². The zero-order valence-corrected chi connectivity index (χ0v) is 18.7. The van der Waals surface area contributed by atoms with E-state index in [-0.39, 0.29) is 5.91 Å². The molecule has 0 radical (unpaired) electrons. The quantitative estimate of drug-likeness (QED) is 0.701. The predicted octanol–water partition coefficient (Wildman–Crippen LogP) is 3.40. The molecule has 0 spiro atoms. The number of ether oxygens (including phenoxy) is 1. The van der Waals surface area contributed by atoms with Crippen molar-refractivity contribution in [2.45, 2.75) is 39.7 Å². The summed E-state index contributed by atoms with van der Waals surface area (Å²) in [5, 5.41) is 3.85. The van der Waals surface area contributed by atoms with Crippen LogP contribution in [0.5, 0.6) is 0 Å². The largest absolute Gasteiger partial charge is 0.384 e. The van der Waals surface area contributed by atoms with Crippen molar-refractivity contribution in [1.82, 2.24) is 4.90 Å². The summed E-state index contributed by atoms with van der Waals surface area (Å²) in [6.07, 6.45) is 7.97. The monoisotopic (exact) mass is 431 g/mol. The molecule has 1 atom stereocenters. The molecule has 1 aliphatic carbocycles. The van der Waals surface area contributed by atoms with Crippen LogP contribution in [0.4, 0.5) is 11.4 Å². The lowest BCUT2D eigenvalue weighted by atomic mass is 9.84. The number of hydrogen-bond donors (Lipinski definition) is 1. The molecule has 3 rings (SSSR count). The third-order valence-electron chi connectivity index (χ3n) is 5.49. The van der Waals surface area contributed by atoms with Crippen LogP contribution in [0.25, 0.3) is 0 Å². The van der Waals surface area contributed by atoms with Gasteiger partial charge in [-0.15, -0.1) is 6.42 Å². The standard InChI is InChI=1S/C23H30ClN3O3/c1-5-20(28)27(17-8-9-19(18(24)14-17)25-15-16-6-7-16)21(23(2,3)4)22(29)26-10-12-30-13-11-26/h1,8-9,14,16,21,25H,6-7,10-13,15H2,2-4H3. The summed E-state index contributed by atoms with van der Waals surface area (Å²) in [6.45, 7) is 8.63. The Morgan fingerprint density at radius 1 is 1.33 bits per heavy atom. The molecule has 6 nitrogen and oxygen atoms in total. The van der Waals surface area contributed by atoms with Crippen LogP contribution in [0.1, 0.15) is 33.6 Å². The number of morpholine rings is 1. The summed E-state index contributed by atoms with van der Waals surface area (Å²) >= 11 is 6.51. The number of rotatable bonds is 6. The summed E-state index contributed by atoms with van der Waals surface area (Å²) in [4.78, 5) is 29.5. The van der Waals surface area contributed by atoms with Crippen LogP contribution in [0.2, 0.25) is 5.02 Å². The van der Waals surface area contributed by atoms with E-state index in [4.69, 9.17) is 22.8 Å². The molecule has 7 heteroatoms. The van der Waals surface area contributed by atoms with E-state index in [1.54, 1.807) is 17.0 Å². The van der Waals surface area contributed by atoms with Crippen LogP contribution in [0.3, 0.4) is 0 Å². The number of terminal acetylenes is 1. The lowest BCUT2D eigenvalue weighted by Crippen LogP contribution is -2.58. The number of nitrogens with zero attached hydrogens (tertiary/aromatic N) is 2.